The summed E-state index contributed by atoms with van der Waals surface area (Å²) in [7, 11) is 1.95. The number of nitrogens with one attached hydrogen (secondary N) is 2. The molecule has 3 aromatic heterocycles. The molecule has 140 valence electrons. The highest BCUT2D eigenvalue weighted by atomic mass is 32.1. The third kappa shape index (κ3) is 4.59. The van der Waals surface area contributed by atoms with Gasteiger partial charge in [-0.2, -0.15) is 5.10 Å². The van der Waals surface area contributed by atoms with Gasteiger partial charge in [0, 0.05) is 26.2 Å². The van der Waals surface area contributed by atoms with Crippen molar-refractivity contribution in [2.75, 3.05) is 18.4 Å². The zero-order chi connectivity index (χ0) is 18.5. The Morgan fingerprint density at radius 1 is 1.27 bits per heavy atom. The first-order valence-corrected chi connectivity index (χ1v) is 10.0. The van der Waals surface area contributed by atoms with Gasteiger partial charge in [-0.25, -0.2) is 9.67 Å². The Kier molecular flexibility index (Phi) is 6.21. The van der Waals surface area contributed by atoms with Crippen LogP contribution >= 0.6 is 11.3 Å². The number of aryl methyl sites for hydroxylation is 2. The predicted molar refractivity (Wildman–Crippen MR) is 109 cm³/mol. The molecule has 7 heteroatoms. The first-order chi connectivity index (χ1) is 12.5. The van der Waals surface area contributed by atoms with Crippen molar-refractivity contribution in [2.24, 2.45) is 13.0 Å². The average Bonchev–Trinajstić information content (AvgIpc) is 3.10. The quantitative estimate of drug-likeness (QED) is 0.563. The monoisotopic (exact) mass is 372 g/mol. The van der Waals surface area contributed by atoms with E-state index in [-0.39, 0.29) is 0 Å². The lowest BCUT2D eigenvalue weighted by Gasteiger charge is -2.08. The van der Waals surface area contributed by atoms with Crippen LogP contribution in [0, 0.1) is 12.8 Å². The van der Waals surface area contributed by atoms with Gasteiger partial charge >= 0.3 is 0 Å². The van der Waals surface area contributed by atoms with Crippen molar-refractivity contribution < 1.29 is 0 Å². The largest absolute Gasteiger partial charge is 0.363 e. The van der Waals surface area contributed by atoms with E-state index < -0.39 is 0 Å². The molecule has 0 fully saturated rings. The molecule has 3 aromatic rings. The number of pyridine rings is 1. The van der Waals surface area contributed by atoms with E-state index in [1.807, 2.05) is 24.0 Å². The SMILES string of the molecule is Cc1cccnc1CNc1c2nc(CCNCCC(C)C)sc2nn1C. The van der Waals surface area contributed by atoms with Gasteiger partial charge in [0.05, 0.1) is 17.2 Å². The van der Waals surface area contributed by atoms with Gasteiger partial charge in [-0.1, -0.05) is 31.3 Å². The highest BCUT2D eigenvalue weighted by molar-refractivity contribution is 7.18. The molecule has 0 atom stereocenters. The third-order valence-electron chi connectivity index (χ3n) is 4.40. The molecule has 0 radical (unpaired) electrons. The maximum Gasteiger partial charge on any atom is 0.167 e. The fourth-order valence-electron chi connectivity index (χ4n) is 2.80. The summed E-state index contributed by atoms with van der Waals surface area (Å²) in [5.74, 6) is 1.70. The topological polar surface area (TPSA) is 67.7 Å². The smallest absolute Gasteiger partial charge is 0.167 e. The van der Waals surface area contributed by atoms with Crippen LogP contribution in [0.3, 0.4) is 0 Å². The first-order valence-electron chi connectivity index (χ1n) is 9.22. The van der Waals surface area contributed by atoms with Crippen molar-refractivity contribution in [3.05, 3.63) is 34.6 Å². The van der Waals surface area contributed by atoms with Crippen LogP contribution in [0.5, 0.6) is 0 Å². The van der Waals surface area contributed by atoms with Gasteiger partial charge in [0.25, 0.3) is 0 Å². The lowest BCUT2D eigenvalue weighted by Crippen LogP contribution is -2.19. The van der Waals surface area contributed by atoms with Crippen molar-refractivity contribution in [2.45, 2.75) is 40.2 Å². The molecule has 0 spiro atoms. The molecule has 2 N–H and O–H groups in total. The Bertz CT molecular complexity index is 851. The van der Waals surface area contributed by atoms with Crippen LogP contribution < -0.4 is 10.6 Å². The van der Waals surface area contributed by atoms with E-state index in [9.17, 15) is 0 Å². The number of hydrogen-bond acceptors (Lipinski definition) is 6. The number of nitrogens with zero attached hydrogens (tertiary/aromatic N) is 4. The van der Waals surface area contributed by atoms with Gasteiger partial charge < -0.3 is 10.6 Å². The van der Waals surface area contributed by atoms with Gasteiger partial charge in [-0.15, -0.1) is 0 Å². The summed E-state index contributed by atoms with van der Waals surface area (Å²) in [6.07, 6.45) is 3.99. The van der Waals surface area contributed by atoms with E-state index in [1.165, 1.54) is 12.0 Å². The standard InChI is InChI=1S/C19H28N6S/c1-13(2)7-10-20-11-8-16-23-17-18(25(4)24-19(17)26-16)22-12-15-14(3)6-5-9-21-15/h5-6,9,13,20,22H,7-8,10-12H2,1-4H3. The normalized spacial score (nSPS) is 11.6. The Labute approximate surface area is 159 Å². The number of hydrogen-bond donors (Lipinski definition) is 2. The summed E-state index contributed by atoms with van der Waals surface area (Å²) in [4.78, 5) is 10.2. The van der Waals surface area contributed by atoms with Crippen molar-refractivity contribution in [3.8, 4) is 0 Å². The lowest BCUT2D eigenvalue weighted by molar-refractivity contribution is 0.539. The molecule has 3 rings (SSSR count). The van der Waals surface area contributed by atoms with Crippen molar-refractivity contribution >= 4 is 27.5 Å². The zero-order valence-electron chi connectivity index (χ0n) is 16.0. The van der Waals surface area contributed by atoms with E-state index in [4.69, 9.17) is 4.98 Å². The molecule has 0 amide bonds. The van der Waals surface area contributed by atoms with Crippen LogP contribution in [-0.4, -0.2) is 32.8 Å². The molecule has 0 aliphatic carbocycles. The second-order valence-electron chi connectivity index (χ2n) is 7.04. The fourth-order valence-corrected chi connectivity index (χ4v) is 3.77. The van der Waals surface area contributed by atoms with E-state index in [0.29, 0.717) is 6.54 Å². The van der Waals surface area contributed by atoms with Crippen molar-refractivity contribution in [1.82, 2.24) is 25.1 Å². The molecule has 0 unspecified atom stereocenters. The van der Waals surface area contributed by atoms with Gasteiger partial charge in [0.2, 0.25) is 0 Å². The summed E-state index contributed by atoms with van der Waals surface area (Å²) in [6.45, 7) is 9.29. The lowest BCUT2D eigenvalue weighted by atomic mass is 10.1. The highest BCUT2D eigenvalue weighted by Gasteiger charge is 2.15. The maximum atomic E-state index is 4.81. The Morgan fingerprint density at radius 3 is 2.88 bits per heavy atom. The van der Waals surface area contributed by atoms with Crippen LogP contribution in [-0.2, 0) is 20.0 Å². The molecule has 0 aliphatic rings. The minimum absolute atomic E-state index is 0.672. The molecular weight excluding hydrogens is 344 g/mol. The molecular formula is C19H28N6S. The number of thiazole rings is 1. The number of anilines is 1. The summed E-state index contributed by atoms with van der Waals surface area (Å²) >= 11 is 1.68. The van der Waals surface area contributed by atoms with E-state index >= 15 is 0 Å². The number of aromatic nitrogens is 4. The van der Waals surface area contributed by atoms with Gasteiger partial charge in [-0.05, 0) is 37.4 Å². The van der Waals surface area contributed by atoms with Gasteiger partial charge in [0.1, 0.15) is 5.52 Å². The van der Waals surface area contributed by atoms with E-state index in [0.717, 1.165) is 52.3 Å². The minimum atomic E-state index is 0.672. The average molecular weight is 373 g/mol. The first kappa shape index (κ1) is 18.8. The van der Waals surface area contributed by atoms with Crippen molar-refractivity contribution in [1.29, 1.82) is 0 Å². The third-order valence-corrected chi connectivity index (χ3v) is 5.40. The Morgan fingerprint density at radius 2 is 2.12 bits per heavy atom. The van der Waals surface area contributed by atoms with E-state index in [2.05, 4.69) is 47.6 Å². The Balaban J connectivity index is 1.62. The van der Waals surface area contributed by atoms with Crippen LogP contribution in [0.1, 0.15) is 36.5 Å². The summed E-state index contributed by atoms with van der Waals surface area (Å²) < 4.78 is 1.87. The van der Waals surface area contributed by atoms with Gasteiger partial charge in [0.15, 0.2) is 10.6 Å². The van der Waals surface area contributed by atoms with Crippen LogP contribution in [0.4, 0.5) is 5.82 Å². The second-order valence-corrected chi connectivity index (χ2v) is 8.10. The van der Waals surface area contributed by atoms with E-state index in [1.54, 1.807) is 11.3 Å². The molecule has 0 aliphatic heterocycles. The van der Waals surface area contributed by atoms with Gasteiger partial charge in [-0.3, -0.25) is 4.98 Å². The highest BCUT2D eigenvalue weighted by Crippen LogP contribution is 2.28. The fraction of sp³-hybridized carbons (Fsp3) is 0.526. The summed E-state index contributed by atoms with van der Waals surface area (Å²) in [6, 6.07) is 4.04. The van der Waals surface area contributed by atoms with Crippen LogP contribution in [0.2, 0.25) is 0 Å². The summed E-state index contributed by atoms with van der Waals surface area (Å²) in [5.41, 5.74) is 3.19. The molecule has 0 saturated carbocycles. The molecule has 0 bridgehead atoms. The predicted octanol–water partition coefficient (Wildman–Crippen LogP) is 3.52. The second kappa shape index (κ2) is 8.60. The van der Waals surface area contributed by atoms with Crippen LogP contribution in [0.15, 0.2) is 18.3 Å². The molecule has 3 heterocycles. The molecule has 26 heavy (non-hydrogen) atoms. The minimum Gasteiger partial charge on any atom is -0.363 e. The molecule has 0 aromatic carbocycles. The molecule has 6 nitrogen and oxygen atoms in total. The summed E-state index contributed by atoms with van der Waals surface area (Å²) in [5, 5.41) is 12.7. The molecule has 0 saturated heterocycles. The Hall–Kier alpha value is -1.99. The van der Waals surface area contributed by atoms with Crippen LogP contribution in [0.25, 0.3) is 10.3 Å². The zero-order valence-corrected chi connectivity index (χ0v) is 16.9. The number of fused-ring (bicyclic) bond motifs is 1. The maximum absolute atomic E-state index is 4.81. The van der Waals surface area contributed by atoms with Crippen molar-refractivity contribution in [3.63, 3.8) is 0 Å². The number of rotatable bonds is 9.